The van der Waals surface area contributed by atoms with E-state index in [0.29, 0.717) is 18.3 Å². The average Bonchev–Trinajstić information content (AvgIpc) is 3.49. The minimum Gasteiger partial charge on any atom is -0.351 e. The molecule has 4 rings (SSSR count). The van der Waals surface area contributed by atoms with Gasteiger partial charge in [0.15, 0.2) is 0 Å². The molecule has 6 nitrogen and oxygen atoms in total. The van der Waals surface area contributed by atoms with Crippen molar-refractivity contribution in [3.63, 3.8) is 0 Å². The number of alkyl halides is 3. The molecule has 2 N–H and O–H groups in total. The largest absolute Gasteiger partial charge is 0.452 e. The Morgan fingerprint density at radius 1 is 1.14 bits per heavy atom. The van der Waals surface area contributed by atoms with Crippen LogP contribution in [0.4, 0.5) is 18.9 Å². The van der Waals surface area contributed by atoms with Gasteiger partial charge in [-0.3, -0.25) is 4.72 Å². The Morgan fingerprint density at radius 3 is 2.60 bits per heavy atom. The van der Waals surface area contributed by atoms with Crippen LogP contribution in [0.3, 0.4) is 0 Å². The summed E-state index contributed by atoms with van der Waals surface area (Å²) in [5, 5.41) is 6.93. The number of aromatic nitrogens is 1. The summed E-state index contributed by atoms with van der Waals surface area (Å²) in [6, 6.07) is 11.0. The number of hydrogen-bond donors (Lipinski definition) is 2. The Hall–Kier alpha value is -2.37. The molecule has 1 aliphatic carbocycles. The molecular weight excluding hydrogens is 499 g/mol. The molecular formula is C24H28F3N3O3S2. The monoisotopic (exact) mass is 527 g/mol. The third kappa shape index (κ3) is 6.65. The Balaban J connectivity index is 1.42. The maximum absolute atomic E-state index is 13.0. The molecule has 1 aliphatic rings. The molecule has 190 valence electrons. The molecule has 0 spiro atoms. The smallest absolute Gasteiger partial charge is 0.351 e. The Labute approximate surface area is 207 Å². The van der Waals surface area contributed by atoms with Gasteiger partial charge in [-0.15, -0.1) is 11.3 Å². The van der Waals surface area contributed by atoms with Gasteiger partial charge in [0.25, 0.3) is 10.0 Å². The quantitative estimate of drug-likeness (QED) is 0.325. The van der Waals surface area contributed by atoms with E-state index in [9.17, 15) is 21.6 Å². The van der Waals surface area contributed by atoms with E-state index < -0.39 is 22.0 Å². The van der Waals surface area contributed by atoms with Crippen molar-refractivity contribution in [2.45, 2.75) is 68.4 Å². The second-order valence-electron chi connectivity index (χ2n) is 8.98. The molecule has 35 heavy (non-hydrogen) atoms. The third-order valence-corrected chi connectivity index (χ3v) is 9.17. The first kappa shape index (κ1) is 25.7. The highest BCUT2D eigenvalue weighted by atomic mass is 32.2. The normalized spacial score (nSPS) is 16.3. The lowest BCUT2D eigenvalue weighted by molar-refractivity contribution is -0.155. The molecule has 0 radical (unpaired) electrons. The topological polar surface area (TPSA) is 84.2 Å². The second kappa shape index (κ2) is 10.7. The van der Waals surface area contributed by atoms with Crippen LogP contribution in [-0.4, -0.2) is 19.6 Å². The predicted octanol–water partition coefficient (Wildman–Crippen LogP) is 6.67. The standard InChI is InChI=1S/C24H28F3N3O3S2/c1-16(13-17-7-3-2-4-8-17)28-15-18-9-5-6-10-19(18)30-35(31,32)23-12-11-21(34-23)20-14-22(33-29-20)24(25,26)27/h5-6,9-12,14,16-17,28,30H,2-4,7-8,13,15H2,1H3/t16-/m0/s1. The van der Waals surface area contributed by atoms with Crippen LogP contribution in [0.15, 0.2) is 51.2 Å². The summed E-state index contributed by atoms with van der Waals surface area (Å²) in [6.07, 6.45) is 2.91. The van der Waals surface area contributed by atoms with Crippen LogP contribution in [-0.2, 0) is 22.7 Å². The third-order valence-electron chi connectivity index (χ3n) is 6.20. The van der Waals surface area contributed by atoms with Crippen LogP contribution >= 0.6 is 11.3 Å². The Morgan fingerprint density at radius 2 is 1.89 bits per heavy atom. The number of benzene rings is 1. The average molecular weight is 528 g/mol. The van der Waals surface area contributed by atoms with Crippen LogP contribution in [0, 0.1) is 5.92 Å². The SMILES string of the molecule is C[C@@H](CC1CCCCC1)NCc1ccccc1NS(=O)(=O)c1ccc(-c2cc(C(F)(F)F)on2)s1. The Bertz CT molecular complexity index is 1230. The molecule has 0 saturated heterocycles. The lowest BCUT2D eigenvalue weighted by atomic mass is 9.85. The van der Waals surface area contributed by atoms with Gasteiger partial charge in [-0.1, -0.05) is 55.5 Å². The summed E-state index contributed by atoms with van der Waals surface area (Å²) in [4.78, 5) is 0.260. The number of anilines is 1. The summed E-state index contributed by atoms with van der Waals surface area (Å²) in [5.74, 6) is -0.493. The first-order valence-corrected chi connectivity index (χ1v) is 13.9. The molecule has 0 bridgehead atoms. The molecule has 3 aromatic rings. The van der Waals surface area contributed by atoms with E-state index in [1.54, 1.807) is 12.1 Å². The molecule has 1 atom stereocenters. The van der Waals surface area contributed by atoms with Crippen molar-refractivity contribution in [3.05, 3.63) is 53.8 Å². The zero-order valence-electron chi connectivity index (χ0n) is 19.3. The van der Waals surface area contributed by atoms with Gasteiger partial charge < -0.3 is 9.84 Å². The summed E-state index contributed by atoms with van der Waals surface area (Å²) >= 11 is 0.824. The van der Waals surface area contributed by atoms with Crippen molar-refractivity contribution >= 4 is 27.0 Å². The van der Waals surface area contributed by atoms with Gasteiger partial charge in [0.1, 0.15) is 9.90 Å². The number of halogens is 3. The molecule has 2 heterocycles. The maximum atomic E-state index is 13.0. The number of rotatable bonds is 9. The fraction of sp³-hybridized carbons (Fsp3) is 0.458. The highest BCUT2D eigenvalue weighted by molar-refractivity contribution is 7.94. The fourth-order valence-corrected chi connectivity index (χ4v) is 6.75. The zero-order chi connectivity index (χ0) is 25.1. The summed E-state index contributed by atoms with van der Waals surface area (Å²) < 4.78 is 71.3. The van der Waals surface area contributed by atoms with Gasteiger partial charge in [0.2, 0.25) is 5.76 Å². The predicted molar refractivity (Wildman–Crippen MR) is 130 cm³/mol. The van der Waals surface area contributed by atoms with Crippen molar-refractivity contribution in [3.8, 4) is 10.6 Å². The van der Waals surface area contributed by atoms with E-state index in [-0.39, 0.29) is 14.8 Å². The van der Waals surface area contributed by atoms with Gasteiger partial charge in [-0.2, -0.15) is 13.2 Å². The van der Waals surface area contributed by atoms with Gasteiger partial charge in [0.05, 0.1) is 10.6 Å². The minimum absolute atomic E-state index is 0.0301. The molecule has 0 unspecified atom stereocenters. The van der Waals surface area contributed by atoms with Gasteiger partial charge in [-0.05, 0) is 43.0 Å². The summed E-state index contributed by atoms with van der Waals surface area (Å²) in [6.45, 7) is 2.67. The van der Waals surface area contributed by atoms with Crippen molar-refractivity contribution in [1.29, 1.82) is 0 Å². The lowest BCUT2D eigenvalue weighted by Gasteiger charge is -2.25. The van der Waals surface area contributed by atoms with Crippen LogP contribution in [0.5, 0.6) is 0 Å². The molecule has 0 amide bonds. The number of para-hydroxylation sites is 1. The van der Waals surface area contributed by atoms with E-state index in [1.807, 2.05) is 12.1 Å². The van der Waals surface area contributed by atoms with E-state index in [0.717, 1.165) is 35.3 Å². The Kier molecular flexibility index (Phi) is 7.87. The van der Waals surface area contributed by atoms with Crippen LogP contribution in [0.25, 0.3) is 10.6 Å². The van der Waals surface area contributed by atoms with Gasteiger partial charge in [0, 0.05) is 18.7 Å². The van der Waals surface area contributed by atoms with Gasteiger partial charge in [-0.25, -0.2) is 8.42 Å². The lowest BCUT2D eigenvalue weighted by Crippen LogP contribution is -2.29. The number of thiophene rings is 1. The van der Waals surface area contributed by atoms with Crippen molar-refractivity contribution in [2.24, 2.45) is 5.92 Å². The zero-order valence-corrected chi connectivity index (χ0v) is 20.9. The maximum Gasteiger partial charge on any atom is 0.452 e. The van der Waals surface area contributed by atoms with Crippen molar-refractivity contribution in [1.82, 2.24) is 10.5 Å². The summed E-state index contributed by atoms with van der Waals surface area (Å²) in [5.41, 5.74) is 1.20. The molecule has 2 aromatic heterocycles. The van der Waals surface area contributed by atoms with E-state index >= 15 is 0 Å². The second-order valence-corrected chi connectivity index (χ2v) is 12.0. The first-order chi connectivity index (χ1) is 16.6. The first-order valence-electron chi connectivity index (χ1n) is 11.6. The molecule has 0 aliphatic heterocycles. The number of nitrogens with zero attached hydrogens (tertiary/aromatic N) is 1. The number of sulfonamides is 1. The van der Waals surface area contributed by atoms with Crippen LogP contribution in [0.2, 0.25) is 0 Å². The fourth-order valence-electron chi connectivity index (χ4n) is 4.39. The van der Waals surface area contributed by atoms with E-state index in [4.69, 9.17) is 0 Å². The molecule has 1 saturated carbocycles. The molecule has 1 fully saturated rings. The highest BCUT2D eigenvalue weighted by Crippen LogP contribution is 2.36. The van der Waals surface area contributed by atoms with Crippen LogP contribution in [0.1, 0.15) is 56.8 Å². The molecule has 11 heteroatoms. The van der Waals surface area contributed by atoms with E-state index in [1.165, 1.54) is 44.2 Å². The van der Waals surface area contributed by atoms with Crippen molar-refractivity contribution < 1.29 is 26.1 Å². The minimum atomic E-state index is -4.66. The summed E-state index contributed by atoms with van der Waals surface area (Å²) in [7, 11) is -3.95. The number of nitrogens with one attached hydrogen (secondary N) is 2. The number of hydrogen-bond acceptors (Lipinski definition) is 6. The van der Waals surface area contributed by atoms with Gasteiger partial charge >= 0.3 is 6.18 Å². The van der Waals surface area contributed by atoms with Crippen molar-refractivity contribution in [2.75, 3.05) is 4.72 Å². The molecule has 1 aromatic carbocycles. The highest BCUT2D eigenvalue weighted by Gasteiger charge is 2.36. The van der Waals surface area contributed by atoms with E-state index in [2.05, 4.69) is 26.6 Å². The van der Waals surface area contributed by atoms with Crippen LogP contribution < -0.4 is 10.0 Å².